The van der Waals surface area contributed by atoms with E-state index in [1.807, 2.05) is 0 Å². The first-order chi connectivity index (χ1) is 7.42. The van der Waals surface area contributed by atoms with Crippen LogP contribution in [-0.2, 0) is 4.74 Å². The summed E-state index contributed by atoms with van der Waals surface area (Å²) in [5, 5.41) is 3.63. The van der Waals surface area contributed by atoms with Crippen LogP contribution in [0.1, 0.15) is 24.3 Å². The van der Waals surface area contributed by atoms with Crippen molar-refractivity contribution in [2.45, 2.75) is 30.8 Å². The van der Waals surface area contributed by atoms with Crippen LogP contribution < -0.4 is 5.32 Å². The predicted octanol–water partition coefficient (Wildman–Crippen LogP) is 1.92. The molecule has 1 aliphatic carbocycles. The molecule has 2 fully saturated rings. The van der Waals surface area contributed by atoms with Gasteiger partial charge in [-0.15, -0.1) is 0 Å². The summed E-state index contributed by atoms with van der Waals surface area (Å²) in [7, 11) is 0. The van der Waals surface area contributed by atoms with Crippen molar-refractivity contribution in [1.82, 2.24) is 5.32 Å². The van der Waals surface area contributed by atoms with Crippen LogP contribution in [0.2, 0.25) is 0 Å². The van der Waals surface area contributed by atoms with Gasteiger partial charge in [0.25, 0.3) is 0 Å². The highest BCUT2D eigenvalue weighted by molar-refractivity contribution is 5.22. The van der Waals surface area contributed by atoms with Crippen molar-refractivity contribution in [2.24, 2.45) is 0 Å². The molecule has 1 aliphatic heterocycles. The van der Waals surface area contributed by atoms with Gasteiger partial charge in [0, 0.05) is 6.04 Å². The van der Waals surface area contributed by atoms with E-state index in [0.717, 1.165) is 25.2 Å². The molecule has 2 aliphatic rings. The molecule has 3 rings (SSSR count). The predicted molar refractivity (Wildman–Crippen MR) is 59.9 cm³/mol. The summed E-state index contributed by atoms with van der Waals surface area (Å²) in [6.07, 6.45) is 2.58. The fraction of sp³-hybridized carbons (Fsp3) is 0.538. The van der Waals surface area contributed by atoms with Crippen LogP contribution in [0.4, 0.5) is 0 Å². The van der Waals surface area contributed by atoms with E-state index in [2.05, 4.69) is 35.6 Å². The Kier molecular flexibility index (Phi) is 2.47. The molecule has 1 heterocycles. The molecule has 1 N–H and O–H groups in total. The highest BCUT2D eigenvalue weighted by Gasteiger charge is 2.32. The van der Waals surface area contributed by atoms with Gasteiger partial charge in [0.05, 0.1) is 19.3 Å². The summed E-state index contributed by atoms with van der Waals surface area (Å²) in [6.45, 7) is 1.82. The summed E-state index contributed by atoms with van der Waals surface area (Å²) in [5.41, 5.74) is 1.50. The molecule has 1 saturated carbocycles. The van der Waals surface area contributed by atoms with Crippen molar-refractivity contribution in [2.75, 3.05) is 13.2 Å². The zero-order valence-corrected chi connectivity index (χ0v) is 8.86. The molecule has 0 unspecified atom stereocenters. The molecule has 0 radical (unpaired) electrons. The molecular formula is C13H17NO. The lowest BCUT2D eigenvalue weighted by molar-refractivity contribution is -0.0157. The Labute approximate surface area is 90.6 Å². The van der Waals surface area contributed by atoms with Gasteiger partial charge in [0.1, 0.15) is 0 Å². The van der Waals surface area contributed by atoms with Gasteiger partial charge >= 0.3 is 0 Å². The summed E-state index contributed by atoms with van der Waals surface area (Å²) in [6, 6.07) is 12.2. The minimum Gasteiger partial charge on any atom is -0.378 e. The zero-order chi connectivity index (χ0) is 10.1. The Balaban J connectivity index is 1.49. The molecule has 0 spiro atoms. The Bertz CT molecular complexity index is 315. The van der Waals surface area contributed by atoms with E-state index in [4.69, 9.17) is 4.74 Å². The van der Waals surface area contributed by atoms with Gasteiger partial charge in [0.15, 0.2) is 0 Å². The van der Waals surface area contributed by atoms with E-state index in [0.29, 0.717) is 6.04 Å². The number of benzene rings is 1. The Hall–Kier alpha value is -0.860. The van der Waals surface area contributed by atoms with Crippen molar-refractivity contribution in [1.29, 1.82) is 0 Å². The van der Waals surface area contributed by atoms with Crippen molar-refractivity contribution < 1.29 is 4.74 Å². The van der Waals surface area contributed by atoms with Crippen LogP contribution in [0.25, 0.3) is 0 Å². The number of nitrogens with one attached hydrogen (secondary N) is 1. The average Bonchev–Trinajstić information content (AvgIpc) is 2.14. The highest BCUT2D eigenvalue weighted by atomic mass is 16.5. The van der Waals surface area contributed by atoms with Gasteiger partial charge in [-0.05, 0) is 24.3 Å². The summed E-state index contributed by atoms with van der Waals surface area (Å²) < 4.78 is 5.15. The quantitative estimate of drug-likeness (QED) is 0.810. The molecule has 0 aromatic heterocycles. The second-order valence-corrected chi connectivity index (χ2v) is 4.68. The van der Waals surface area contributed by atoms with Crippen LogP contribution >= 0.6 is 0 Å². The first kappa shape index (κ1) is 9.37. The lowest BCUT2D eigenvalue weighted by Gasteiger charge is -2.40. The average molecular weight is 203 g/mol. The van der Waals surface area contributed by atoms with E-state index in [1.54, 1.807) is 0 Å². The first-order valence-electron chi connectivity index (χ1n) is 5.80. The standard InChI is InChI=1S/C13H17NO/c1-2-4-10(5-3-1)11-6-12(7-11)14-13-8-15-9-13/h1-5,11-14H,6-9H2. The maximum atomic E-state index is 5.15. The Morgan fingerprint density at radius 1 is 1.00 bits per heavy atom. The molecule has 0 amide bonds. The Morgan fingerprint density at radius 2 is 1.73 bits per heavy atom. The molecular weight excluding hydrogens is 186 g/mol. The van der Waals surface area contributed by atoms with Crippen molar-refractivity contribution in [3.8, 4) is 0 Å². The largest absolute Gasteiger partial charge is 0.378 e. The molecule has 1 aromatic carbocycles. The molecule has 2 heteroatoms. The van der Waals surface area contributed by atoms with Gasteiger partial charge in [-0.3, -0.25) is 0 Å². The van der Waals surface area contributed by atoms with Crippen LogP contribution in [-0.4, -0.2) is 25.3 Å². The molecule has 2 nitrogen and oxygen atoms in total. The summed E-state index contributed by atoms with van der Waals surface area (Å²) in [5.74, 6) is 0.782. The van der Waals surface area contributed by atoms with E-state index < -0.39 is 0 Å². The number of hydrogen-bond donors (Lipinski definition) is 1. The monoisotopic (exact) mass is 203 g/mol. The van der Waals surface area contributed by atoms with E-state index >= 15 is 0 Å². The van der Waals surface area contributed by atoms with Gasteiger partial charge < -0.3 is 10.1 Å². The molecule has 80 valence electrons. The smallest absolute Gasteiger partial charge is 0.0643 e. The lowest BCUT2D eigenvalue weighted by atomic mass is 9.75. The van der Waals surface area contributed by atoms with Crippen LogP contribution in [0, 0.1) is 0 Å². The second kappa shape index (κ2) is 3.95. The van der Waals surface area contributed by atoms with Gasteiger partial charge in [0.2, 0.25) is 0 Å². The molecule has 0 atom stereocenters. The maximum Gasteiger partial charge on any atom is 0.0643 e. The zero-order valence-electron chi connectivity index (χ0n) is 8.86. The van der Waals surface area contributed by atoms with Gasteiger partial charge in [-0.1, -0.05) is 30.3 Å². The second-order valence-electron chi connectivity index (χ2n) is 4.68. The SMILES string of the molecule is c1ccc(C2CC(NC3COC3)C2)cc1. The van der Waals surface area contributed by atoms with E-state index in [9.17, 15) is 0 Å². The topological polar surface area (TPSA) is 21.3 Å². The molecule has 0 bridgehead atoms. The molecule has 1 saturated heterocycles. The molecule has 15 heavy (non-hydrogen) atoms. The summed E-state index contributed by atoms with van der Waals surface area (Å²) in [4.78, 5) is 0. The third-order valence-electron chi connectivity index (χ3n) is 3.52. The lowest BCUT2D eigenvalue weighted by Crippen LogP contribution is -2.53. The van der Waals surface area contributed by atoms with Gasteiger partial charge in [-0.2, -0.15) is 0 Å². The fourth-order valence-electron chi connectivity index (χ4n) is 2.42. The summed E-state index contributed by atoms with van der Waals surface area (Å²) >= 11 is 0. The number of hydrogen-bond acceptors (Lipinski definition) is 2. The van der Waals surface area contributed by atoms with Crippen molar-refractivity contribution in [3.63, 3.8) is 0 Å². The maximum absolute atomic E-state index is 5.15. The van der Waals surface area contributed by atoms with Crippen LogP contribution in [0.3, 0.4) is 0 Å². The van der Waals surface area contributed by atoms with Gasteiger partial charge in [-0.25, -0.2) is 0 Å². The normalized spacial score (nSPS) is 30.7. The van der Waals surface area contributed by atoms with E-state index in [-0.39, 0.29) is 0 Å². The van der Waals surface area contributed by atoms with Crippen LogP contribution in [0.5, 0.6) is 0 Å². The van der Waals surface area contributed by atoms with Crippen molar-refractivity contribution in [3.05, 3.63) is 35.9 Å². The number of rotatable bonds is 3. The first-order valence-corrected chi connectivity index (χ1v) is 5.80. The minimum atomic E-state index is 0.631. The van der Waals surface area contributed by atoms with Crippen LogP contribution in [0.15, 0.2) is 30.3 Å². The Morgan fingerprint density at radius 3 is 2.33 bits per heavy atom. The third-order valence-corrected chi connectivity index (χ3v) is 3.52. The highest BCUT2D eigenvalue weighted by Crippen LogP contribution is 2.37. The van der Waals surface area contributed by atoms with Crippen molar-refractivity contribution >= 4 is 0 Å². The fourth-order valence-corrected chi connectivity index (χ4v) is 2.42. The molecule has 1 aromatic rings. The third kappa shape index (κ3) is 1.92. The minimum absolute atomic E-state index is 0.631. The number of ether oxygens (including phenoxy) is 1. The van der Waals surface area contributed by atoms with E-state index in [1.165, 1.54) is 18.4 Å².